The van der Waals surface area contributed by atoms with Gasteiger partial charge < -0.3 is 24.5 Å². The minimum absolute atomic E-state index is 0.00556. The number of hydrogen-bond donors (Lipinski definition) is 2. The zero-order chi connectivity index (χ0) is 26.7. The van der Waals surface area contributed by atoms with E-state index in [9.17, 15) is 24.3 Å². The predicted octanol–water partition coefficient (Wildman–Crippen LogP) is 1.94. The summed E-state index contributed by atoms with van der Waals surface area (Å²) in [5.74, 6) is -0.356. The van der Waals surface area contributed by atoms with Crippen LogP contribution in [0.5, 0.6) is 0 Å². The number of ether oxygens (including phenoxy) is 1. The molecule has 200 valence electrons. The van der Waals surface area contributed by atoms with Crippen molar-refractivity contribution in [3.8, 4) is 0 Å². The van der Waals surface area contributed by atoms with E-state index in [2.05, 4.69) is 15.0 Å². The largest absolute Gasteiger partial charge is 0.453 e. The lowest BCUT2D eigenvalue weighted by Gasteiger charge is -2.40. The van der Waals surface area contributed by atoms with Crippen molar-refractivity contribution in [1.29, 1.82) is 0 Å². The SMILES string of the molecule is COC(=O)N(CC=O)CC(O)CN1[C@@H]2CC[C@H]1C[C@@H](NC(=O)c1cc3ccccc3n(C(C)C)c1=O)C2. The molecule has 0 saturated carbocycles. The Balaban J connectivity index is 1.42. The summed E-state index contributed by atoms with van der Waals surface area (Å²) in [5, 5.41) is 14.6. The van der Waals surface area contributed by atoms with E-state index >= 15 is 0 Å². The van der Waals surface area contributed by atoms with Crippen molar-refractivity contribution in [3.63, 3.8) is 0 Å². The zero-order valence-corrected chi connectivity index (χ0v) is 21.6. The van der Waals surface area contributed by atoms with Crippen LogP contribution in [0.2, 0.25) is 0 Å². The van der Waals surface area contributed by atoms with E-state index in [-0.39, 0.29) is 54.3 Å². The zero-order valence-electron chi connectivity index (χ0n) is 21.6. The van der Waals surface area contributed by atoms with Gasteiger partial charge in [-0.15, -0.1) is 0 Å². The molecule has 1 aromatic heterocycles. The van der Waals surface area contributed by atoms with Gasteiger partial charge >= 0.3 is 6.09 Å². The molecule has 2 saturated heterocycles. The first-order valence-corrected chi connectivity index (χ1v) is 12.9. The number of carbonyl (C=O) groups excluding carboxylic acids is 3. The van der Waals surface area contributed by atoms with Gasteiger partial charge in [0.05, 0.1) is 31.8 Å². The number of rotatable bonds is 9. The first kappa shape index (κ1) is 26.8. The van der Waals surface area contributed by atoms with Crippen molar-refractivity contribution in [2.75, 3.05) is 26.7 Å². The number of aliphatic hydroxyl groups is 1. The van der Waals surface area contributed by atoms with Crippen LogP contribution in [-0.4, -0.2) is 88.7 Å². The Labute approximate surface area is 216 Å². The molecule has 0 spiro atoms. The third-order valence-electron chi connectivity index (χ3n) is 7.51. The van der Waals surface area contributed by atoms with Gasteiger partial charge in [-0.1, -0.05) is 18.2 Å². The lowest BCUT2D eigenvalue weighted by atomic mass is 9.96. The normalized spacial score (nSPS) is 22.1. The van der Waals surface area contributed by atoms with Crippen LogP contribution in [0.15, 0.2) is 35.1 Å². The summed E-state index contributed by atoms with van der Waals surface area (Å²) in [6, 6.07) is 9.46. The molecule has 2 aliphatic heterocycles. The summed E-state index contributed by atoms with van der Waals surface area (Å²) in [4.78, 5) is 52.7. The highest BCUT2D eigenvalue weighted by molar-refractivity contribution is 5.97. The minimum atomic E-state index is -0.833. The molecular formula is C27H36N4O6. The maximum Gasteiger partial charge on any atom is 0.409 e. The van der Waals surface area contributed by atoms with Crippen LogP contribution in [0, 0.1) is 0 Å². The Bertz CT molecular complexity index is 1200. The average molecular weight is 513 g/mol. The number of nitrogens with zero attached hydrogens (tertiary/aromatic N) is 3. The number of aromatic nitrogens is 1. The van der Waals surface area contributed by atoms with E-state index in [0.29, 0.717) is 12.8 Å². The molecule has 10 heteroatoms. The fourth-order valence-corrected chi connectivity index (χ4v) is 5.91. The van der Waals surface area contributed by atoms with E-state index in [1.54, 1.807) is 10.6 Å². The Morgan fingerprint density at radius 2 is 1.89 bits per heavy atom. The molecule has 3 heterocycles. The molecule has 2 N–H and O–H groups in total. The highest BCUT2D eigenvalue weighted by Gasteiger charge is 2.42. The van der Waals surface area contributed by atoms with E-state index in [1.807, 2.05) is 38.1 Å². The minimum Gasteiger partial charge on any atom is -0.453 e. The molecule has 10 nitrogen and oxygen atoms in total. The van der Waals surface area contributed by atoms with Crippen LogP contribution < -0.4 is 10.9 Å². The number of carbonyl (C=O) groups is 3. The number of hydrogen-bond acceptors (Lipinski definition) is 7. The molecule has 4 atom stereocenters. The lowest BCUT2D eigenvalue weighted by Crippen LogP contribution is -2.53. The van der Waals surface area contributed by atoms with Gasteiger partial charge in [0.25, 0.3) is 11.5 Å². The molecule has 2 bridgehead atoms. The number of pyridine rings is 1. The van der Waals surface area contributed by atoms with Crippen LogP contribution in [0.1, 0.15) is 55.9 Å². The summed E-state index contributed by atoms with van der Waals surface area (Å²) in [6.45, 7) is 4.09. The number of piperidine rings is 1. The number of aldehydes is 1. The van der Waals surface area contributed by atoms with Crippen LogP contribution in [0.3, 0.4) is 0 Å². The third kappa shape index (κ3) is 5.70. The number of benzene rings is 1. The molecule has 2 aliphatic rings. The second-order valence-electron chi connectivity index (χ2n) is 10.3. The molecular weight excluding hydrogens is 476 g/mol. The predicted molar refractivity (Wildman–Crippen MR) is 139 cm³/mol. The van der Waals surface area contributed by atoms with E-state index in [0.717, 1.165) is 36.6 Å². The van der Waals surface area contributed by atoms with Gasteiger partial charge in [0, 0.05) is 30.7 Å². The van der Waals surface area contributed by atoms with E-state index < -0.39 is 12.2 Å². The maximum absolute atomic E-state index is 13.3. The Morgan fingerprint density at radius 3 is 2.51 bits per heavy atom. The van der Waals surface area contributed by atoms with Crippen molar-refractivity contribution in [2.45, 2.75) is 69.8 Å². The van der Waals surface area contributed by atoms with Gasteiger partial charge in [-0.2, -0.15) is 0 Å². The fourth-order valence-electron chi connectivity index (χ4n) is 5.91. The van der Waals surface area contributed by atoms with Crippen molar-refractivity contribution in [1.82, 2.24) is 19.7 Å². The van der Waals surface area contributed by atoms with Crippen LogP contribution in [0.4, 0.5) is 4.79 Å². The molecule has 0 aliphatic carbocycles. The summed E-state index contributed by atoms with van der Waals surface area (Å²) in [7, 11) is 1.24. The second-order valence-corrected chi connectivity index (χ2v) is 10.3. The number of nitrogens with one attached hydrogen (secondary N) is 1. The second kappa shape index (κ2) is 11.4. The van der Waals surface area contributed by atoms with Crippen molar-refractivity contribution < 1.29 is 24.2 Å². The smallest absolute Gasteiger partial charge is 0.409 e. The Hall–Kier alpha value is -3.24. The lowest BCUT2D eigenvalue weighted by molar-refractivity contribution is -0.108. The van der Waals surface area contributed by atoms with Crippen molar-refractivity contribution >= 4 is 29.2 Å². The standard InChI is InChI=1S/C27H36N4O6/c1-17(2)31-24-7-5-4-6-18(24)12-23(26(31)35)25(34)28-19-13-20-8-9-21(14-19)30(20)16-22(33)15-29(10-11-32)27(36)37-3/h4-7,11-12,17,19-22,33H,8-10,13-16H2,1-3H3,(H,28,34)/t19-,20+,21-,22?. The van der Waals surface area contributed by atoms with Gasteiger partial charge in [0.2, 0.25) is 0 Å². The molecule has 2 amide bonds. The molecule has 4 rings (SSSR count). The molecule has 1 unspecified atom stereocenters. The highest BCUT2D eigenvalue weighted by atomic mass is 16.5. The van der Waals surface area contributed by atoms with Gasteiger partial charge in [-0.25, -0.2) is 4.79 Å². The monoisotopic (exact) mass is 512 g/mol. The quantitative estimate of drug-likeness (QED) is 0.493. The first-order chi connectivity index (χ1) is 17.7. The van der Waals surface area contributed by atoms with Crippen LogP contribution in [-0.2, 0) is 9.53 Å². The van der Waals surface area contributed by atoms with E-state index in [1.165, 1.54) is 12.0 Å². The molecule has 37 heavy (non-hydrogen) atoms. The van der Waals surface area contributed by atoms with Gasteiger partial charge in [-0.3, -0.25) is 19.4 Å². The van der Waals surface area contributed by atoms with Crippen molar-refractivity contribution in [2.24, 2.45) is 0 Å². The topological polar surface area (TPSA) is 121 Å². The van der Waals surface area contributed by atoms with Crippen molar-refractivity contribution in [3.05, 3.63) is 46.2 Å². The third-order valence-corrected chi connectivity index (χ3v) is 7.51. The number of aliphatic hydroxyl groups excluding tert-OH is 1. The molecule has 1 aromatic carbocycles. The average Bonchev–Trinajstić information content (AvgIpc) is 3.09. The number of amides is 2. The maximum atomic E-state index is 13.3. The van der Waals surface area contributed by atoms with Crippen LogP contribution >= 0.6 is 0 Å². The molecule has 2 aromatic rings. The highest BCUT2D eigenvalue weighted by Crippen LogP contribution is 2.36. The summed E-state index contributed by atoms with van der Waals surface area (Å²) in [6.07, 6.45) is 2.46. The molecule has 0 radical (unpaired) electrons. The summed E-state index contributed by atoms with van der Waals surface area (Å²) < 4.78 is 6.36. The number of fused-ring (bicyclic) bond motifs is 3. The van der Waals surface area contributed by atoms with Crippen LogP contribution in [0.25, 0.3) is 10.9 Å². The first-order valence-electron chi connectivity index (χ1n) is 12.9. The summed E-state index contributed by atoms with van der Waals surface area (Å²) in [5.41, 5.74) is 0.666. The number of para-hydroxylation sites is 1. The number of methoxy groups -OCH3 is 1. The van der Waals surface area contributed by atoms with E-state index in [4.69, 9.17) is 0 Å². The van der Waals surface area contributed by atoms with Gasteiger partial charge in [0.15, 0.2) is 0 Å². The van der Waals surface area contributed by atoms with Gasteiger partial charge in [-0.05, 0) is 57.0 Å². The molecule has 2 fully saturated rings. The van der Waals surface area contributed by atoms with Gasteiger partial charge in [0.1, 0.15) is 11.8 Å². The Kier molecular flexibility index (Phi) is 8.29. The Morgan fingerprint density at radius 1 is 1.22 bits per heavy atom. The summed E-state index contributed by atoms with van der Waals surface area (Å²) >= 11 is 0. The fraction of sp³-hybridized carbons (Fsp3) is 0.556.